The Kier molecular flexibility index (Phi) is 6.93. The zero-order chi connectivity index (χ0) is 24.5. The van der Waals surface area contributed by atoms with Gasteiger partial charge in [0.15, 0.2) is 0 Å². The third-order valence-corrected chi connectivity index (χ3v) is 7.67. The predicted molar refractivity (Wildman–Crippen MR) is 142 cm³/mol. The van der Waals surface area contributed by atoms with Crippen LogP contribution in [0, 0.1) is 6.92 Å². The van der Waals surface area contributed by atoms with E-state index >= 15 is 0 Å². The molecule has 3 aromatic rings. The van der Waals surface area contributed by atoms with E-state index in [0.29, 0.717) is 21.4 Å². The highest BCUT2D eigenvalue weighted by Gasteiger charge is 2.36. The first-order chi connectivity index (χ1) is 16.9. The maximum atomic E-state index is 13.0. The molecule has 2 amide bonds. The quantitative estimate of drug-likeness (QED) is 0.359. The lowest BCUT2D eigenvalue weighted by atomic mass is 10.2. The minimum atomic E-state index is -0.298. The molecule has 180 valence electrons. The molecule has 0 saturated carbocycles. The van der Waals surface area contributed by atoms with Crippen LogP contribution in [-0.2, 0) is 4.79 Å². The molecule has 0 N–H and O–H groups in total. The van der Waals surface area contributed by atoms with E-state index in [2.05, 4.69) is 15.9 Å². The Morgan fingerprint density at radius 2 is 1.80 bits per heavy atom. The number of hydrogen-bond donors (Lipinski definition) is 0. The Morgan fingerprint density at radius 3 is 2.54 bits per heavy atom. The first-order valence-electron chi connectivity index (χ1n) is 11.2. The third kappa shape index (κ3) is 5.28. The molecule has 0 aliphatic carbocycles. The monoisotopic (exact) mass is 527 g/mol. The number of nitrogens with zero attached hydrogens (tertiary/aromatic N) is 3. The van der Waals surface area contributed by atoms with E-state index in [-0.39, 0.29) is 17.8 Å². The molecule has 1 aromatic heterocycles. The van der Waals surface area contributed by atoms with Crippen LogP contribution < -0.4 is 4.90 Å². The van der Waals surface area contributed by atoms with E-state index in [1.807, 2.05) is 43.3 Å². The van der Waals surface area contributed by atoms with Crippen molar-refractivity contribution in [3.63, 3.8) is 0 Å². The molecule has 35 heavy (non-hydrogen) atoms. The van der Waals surface area contributed by atoms with Crippen LogP contribution in [0.1, 0.15) is 11.3 Å². The van der Waals surface area contributed by atoms with Crippen LogP contribution in [0.2, 0.25) is 10.0 Å². The Bertz CT molecular complexity index is 1310. The summed E-state index contributed by atoms with van der Waals surface area (Å²) in [5, 5.41) is 1.10. The number of rotatable bonds is 5. The molecule has 2 fully saturated rings. The average molecular weight is 528 g/mol. The van der Waals surface area contributed by atoms with E-state index < -0.39 is 0 Å². The lowest BCUT2D eigenvalue weighted by Crippen LogP contribution is -2.50. The van der Waals surface area contributed by atoms with E-state index in [9.17, 15) is 9.59 Å². The summed E-state index contributed by atoms with van der Waals surface area (Å²) in [6, 6.07) is 17.0. The van der Waals surface area contributed by atoms with E-state index in [4.69, 9.17) is 27.6 Å². The molecule has 9 heteroatoms. The van der Waals surface area contributed by atoms with Crippen molar-refractivity contribution in [1.29, 1.82) is 0 Å². The second kappa shape index (κ2) is 10.1. The fraction of sp³-hybridized carbons (Fsp3) is 0.231. The molecule has 0 unspecified atom stereocenters. The van der Waals surface area contributed by atoms with Crippen LogP contribution >= 0.6 is 35.0 Å². The Labute approximate surface area is 218 Å². The zero-order valence-corrected chi connectivity index (χ0v) is 21.4. The fourth-order valence-corrected chi connectivity index (χ4v) is 5.28. The molecule has 2 saturated heterocycles. The van der Waals surface area contributed by atoms with Gasteiger partial charge in [0.2, 0.25) is 0 Å². The van der Waals surface area contributed by atoms with Crippen molar-refractivity contribution in [2.75, 3.05) is 37.7 Å². The summed E-state index contributed by atoms with van der Waals surface area (Å²) in [5.74, 6) is 0.856. The molecule has 2 aliphatic heterocycles. The molecule has 0 spiro atoms. The van der Waals surface area contributed by atoms with Crippen molar-refractivity contribution in [1.82, 2.24) is 9.80 Å². The zero-order valence-electron chi connectivity index (χ0n) is 19.0. The predicted octanol–water partition coefficient (Wildman–Crippen LogP) is 6.38. The Hall–Kier alpha value is -2.71. The van der Waals surface area contributed by atoms with Gasteiger partial charge in [-0.25, -0.2) is 0 Å². The first kappa shape index (κ1) is 24.0. The van der Waals surface area contributed by atoms with Crippen molar-refractivity contribution >= 4 is 57.9 Å². The number of amides is 2. The van der Waals surface area contributed by atoms with Gasteiger partial charge in [0.25, 0.3) is 11.1 Å². The topological polar surface area (TPSA) is 57.0 Å². The maximum Gasteiger partial charge on any atom is 0.294 e. The molecule has 2 aromatic carbocycles. The maximum absolute atomic E-state index is 13.0. The van der Waals surface area contributed by atoms with Crippen LogP contribution in [0.4, 0.5) is 10.5 Å². The number of imide groups is 1. The molecule has 0 atom stereocenters. The molecule has 0 radical (unpaired) electrons. The van der Waals surface area contributed by atoms with Crippen molar-refractivity contribution in [3.05, 3.63) is 80.9 Å². The summed E-state index contributed by atoms with van der Waals surface area (Å²) < 4.78 is 5.87. The summed E-state index contributed by atoms with van der Waals surface area (Å²) in [4.78, 5) is 31.6. The Balaban J connectivity index is 1.21. The smallest absolute Gasteiger partial charge is 0.294 e. The number of thioether (sulfide) groups is 1. The number of carbonyl (C=O) groups is 2. The highest BCUT2D eigenvalue weighted by Crippen LogP contribution is 2.34. The van der Waals surface area contributed by atoms with Crippen LogP contribution in [0.3, 0.4) is 0 Å². The summed E-state index contributed by atoms with van der Waals surface area (Å²) in [7, 11) is 0. The van der Waals surface area contributed by atoms with E-state index in [0.717, 1.165) is 59.8 Å². The van der Waals surface area contributed by atoms with Gasteiger partial charge in [-0.05, 0) is 60.6 Å². The SMILES string of the molecule is Cc1ccc(N2CCN(CN3C(=O)S/C(=C/c4ccc(-c5cccc(Cl)c5)o4)C3=O)CC2)cc1Cl. The number of carbonyl (C=O) groups excluding carboxylic acids is 2. The minimum Gasteiger partial charge on any atom is -0.457 e. The fourth-order valence-electron chi connectivity index (χ4n) is 4.10. The number of aryl methyl sites for hydroxylation is 1. The Morgan fingerprint density at radius 1 is 1.00 bits per heavy atom. The van der Waals surface area contributed by atoms with Gasteiger partial charge in [-0.2, -0.15) is 0 Å². The molecule has 0 bridgehead atoms. The molecule has 2 aliphatic rings. The number of anilines is 1. The van der Waals surface area contributed by atoms with Crippen molar-refractivity contribution < 1.29 is 14.0 Å². The molecular weight excluding hydrogens is 505 g/mol. The number of halogens is 2. The van der Waals surface area contributed by atoms with E-state index in [1.54, 1.807) is 18.2 Å². The van der Waals surface area contributed by atoms with Gasteiger partial charge < -0.3 is 9.32 Å². The van der Waals surface area contributed by atoms with Gasteiger partial charge in [-0.15, -0.1) is 0 Å². The third-order valence-electron chi connectivity index (χ3n) is 6.12. The lowest BCUT2D eigenvalue weighted by Gasteiger charge is -2.37. The summed E-state index contributed by atoms with van der Waals surface area (Å²) in [6.45, 7) is 5.34. The van der Waals surface area contributed by atoms with Crippen molar-refractivity contribution in [2.24, 2.45) is 0 Å². The first-order valence-corrected chi connectivity index (χ1v) is 12.8. The van der Waals surface area contributed by atoms with Crippen LogP contribution in [-0.4, -0.2) is 53.8 Å². The second-order valence-electron chi connectivity index (χ2n) is 8.50. The lowest BCUT2D eigenvalue weighted by molar-refractivity contribution is -0.124. The number of piperazine rings is 1. The molecule has 6 nitrogen and oxygen atoms in total. The minimum absolute atomic E-state index is 0.268. The highest BCUT2D eigenvalue weighted by molar-refractivity contribution is 8.18. The van der Waals surface area contributed by atoms with Gasteiger partial charge >= 0.3 is 0 Å². The van der Waals surface area contributed by atoms with E-state index in [1.165, 1.54) is 4.90 Å². The molecule has 5 rings (SSSR count). The standard InChI is InChI=1S/C26H23Cl2N3O3S/c1-17-5-6-20(14-22(17)28)30-11-9-29(10-12-30)16-31-25(32)24(35-26(31)33)15-21-7-8-23(34-21)18-3-2-4-19(27)13-18/h2-8,13-15H,9-12,16H2,1H3/b24-15+. The van der Waals surface area contributed by atoms with Crippen molar-refractivity contribution in [2.45, 2.75) is 6.92 Å². The van der Waals surface area contributed by atoms with Crippen molar-refractivity contribution in [3.8, 4) is 11.3 Å². The average Bonchev–Trinajstić information content (AvgIpc) is 3.42. The highest BCUT2D eigenvalue weighted by atomic mass is 35.5. The normalized spacial score (nSPS) is 18.2. The second-order valence-corrected chi connectivity index (χ2v) is 10.3. The van der Waals surface area contributed by atoms with Gasteiger partial charge in [0, 0.05) is 53.6 Å². The number of hydrogen-bond acceptors (Lipinski definition) is 6. The van der Waals surface area contributed by atoms with Crippen LogP contribution in [0.15, 0.2) is 63.9 Å². The van der Waals surface area contributed by atoms with Gasteiger partial charge in [0.1, 0.15) is 11.5 Å². The number of benzene rings is 2. The summed E-state index contributed by atoms with van der Waals surface area (Å²) in [6.07, 6.45) is 1.62. The number of furan rings is 1. The molecular formula is C26H23Cl2N3O3S. The van der Waals surface area contributed by atoms with Gasteiger partial charge in [-0.1, -0.05) is 41.4 Å². The molecule has 3 heterocycles. The summed E-state index contributed by atoms with van der Waals surface area (Å²) in [5.41, 5.74) is 2.99. The summed E-state index contributed by atoms with van der Waals surface area (Å²) >= 11 is 13.3. The van der Waals surface area contributed by atoms with Gasteiger partial charge in [0.05, 0.1) is 11.6 Å². The van der Waals surface area contributed by atoms with Crippen LogP contribution in [0.25, 0.3) is 17.4 Å². The largest absolute Gasteiger partial charge is 0.457 e. The van der Waals surface area contributed by atoms with Gasteiger partial charge in [-0.3, -0.25) is 19.4 Å². The van der Waals surface area contributed by atoms with Crippen LogP contribution in [0.5, 0.6) is 0 Å².